The van der Waals surface area contributed by atoms with Gasteiger partial charge in [0, 0.05) is 44.4 Å². The quantitative estimate of drug-likeness (QED) is 0.0162. The number of carbonyl (C=O) groups excluding carboxylic acids is 8. The van der Waals surface area contributed by atoms with Gasteiger partial charge in [-0.3, -0.25) is 43.3 Å². The van der Waals surface area contributed by atoms with Crippen molar-refractivity contribution in [1.29, 1.82) is 0 Å². The predicted octanol–water partition coefficient (Wildman–Crippen LogP) is 3.71. The number of nitrogens with one attached hydrogen (secondary N) is 7. The summed E-state index contributed by atoms with van der Waals surface area (Å²) in [4.78, 5) is 122. The molecule has 24 heteroatoms. The SMILES string of the molecule is Cc1cc(O)cc(C)c1C[C@H](N)C(=O)N[C@H](CCCN=C(N)N)C(=O)N[C@@H](Cc1ccccc1)C(=O)N[C@@H](CCCCN)C(=O)NC1CCC(NC(=O)[C@H](Cc2ccccc2)NC(=O)[C@H](CC2CCCCC2)NC(=O)[C@@H]2Cc3ccccc3CN2C(=O)[C@@H](N)Cc2ccc(O)cc2)CC1. The second-order valence-electron chi connectivity index (χ2n) is 27.0. The summed E-state index contributed by atoms with van der Waals surface area (Å²) >= 11 is 0. The topological polar surface area (TPSA) is 407 Å². The van der Waals surface area contributed by atoms with Crippen molar-refractivity contribution in [3.8, 4) is 11.5 Å². The molecule has 99 heavy (non-hydrogen) atoms. The van der Waals surface area contributed by atoms with Gasteiger partial charge in [0.15, 0.2) is 5.96 Å². The molecule has 0 spiro atoms. The fraction of sp³-hybridized carbons (Fsp3) is 0.480. The number of hydrogen-bond acceptors (Lipinski definition) is 14. The smallest absolute Gasteiger partial charge is 0.243 e. The number of fused-ring (bicyclic) bond motifs is 1. The van der Waals surface area contributed by atoms with Crippen LogP contribution in [0.2, 0.25) is 0 Å². The minimum absolute atomic E-state index is 0.0336. The second kappa shape index (κ2) is 37.5. The van der Waals surface area contributed by atoms with Crippen molar-refractivity contribution in [2.45, 2.75) is 209 Å². The highest BCUT2D eigenvalue weighted by Gasteiger charge is 2.40. The Morgan fingerprint density at radius 2 is 1.01 bits per heavy atom. The minimum atomic E-state index is -1.22. The van der Waals surface area contributed by atoms with Gasteiger partial charge in [-0.1, -0.05) is 129 Å². The molecule has 24 nitrogen and oxygen atoms in total. The molecule has 5 aromatic rings. The maximum atomic E-state index is 15.0. The van der Waals surface area contributed by atoms with Crippen molar-refractivity contribution in [1.82, 2.24) is 42.1 Å². The normalized spacial score (nSPS) is 18.2. The third-order valence-corrected chi connectivity index (χ3v) is 19.3. The van der Waals surface area contributed by atoms with Crippen molar-refractivity contribution in [2.75, 3.05) is 13.1 Å². The lowest BCUT2D eigenvalue weighted by Gasteiger charge is -2.38. The van der Waals surface area contributed by atoms with Gasteiger partial charge in [-0.2, -0.15) is 0 Å². The number of aliphatic imine (C=N–C) groups is 1. The molecule has 0 bridgehead atoms. The third-order valence-electron chi connectivity index (χ3n) is 19.3. The van der Waals surface area contributed by atoms with E-state index in [2.05, 4.69) is 42.2 Å². The lowest BCUT2D eigenvalue weighted by molar-refractivity contribution is -0.144. The van der Waals surface area contributed by atoms with Crippen LogP contribution in [0.15, 0.2) is 126 Å². The van der Waals surface area contributed by atoms with Crippen molar-refractivity contribution >= 4 is 53.2 Å². The fourth-order valence-electron chi connectivity index (χ4n) is 13.8. The van der Waals surface area contributed by atoms with Crippen LogP contribution in [0.4, 0.5) is 0 Å². The minimum Gasteiger partial charge on any atom is -0.508 e. The summed E-state index contributed by atoms with van der Waals surface area (Å²) < 4.78 is 0. The highest BCUT2D eigenvalue weighted by Crippen LogP contribution is 2.30. The van der Waals surface area contributed by atoms with E-state index in [1.54, 1.807) is 50.2 Å². The van der Waals surface area contributed by atoms with Crippen LogP contribution in [-0.4, -0.2) is 142 Å². The molecule has 8 amide bonds. The van der Waals surface area contributed by atoms with Crippen LogP contribution in [0.3, 0.4) is 0 Å². The number of nitrogens with zero attached hydrogens (tertiary/aromatic N) is 2. The summed E-state index contributed by atoms with van der Waals surface area (Å²) in [5.74, 6) is -4.07. The van der Waals surface area contributed by atoms with E-state index in [0.29, 0.717) is 57.1 Å². The number of nitrogens with two attached hydrogens (primary N) is 5. The van der Waals surface area contributed by atoms with Gasteiger partial charge < -0.3 is 81.0 Å². The molecule has 2 fully saturated rings. The summed E-state index contributed by atoms with van der Waals surface area (Å²) in [6.07, 6.45) is 9.34. The summed E-state index contributed by atoms with van der Waals surface area (Å²) in [5.41, 5.74) is 36.5. The van der Waals surface area contributed by atoms with Crippen molar-refractivity contribution in [3.63, 3.8) is 0 Å². The molecular weight excluding hydrogens is 1260 g/mol. The van der Waals surface area contributed by atoms with Crippen LogP contribution in [-0.2, 0) is 77.0 Å². The molecule has 8 rings (SSSR count). The van der Waals surface area contributed by atoms with Crippen molar-refractivity contribution in [2.24, 2.45) is 39.6 Å². The number of guanidine groups is 1. The number of hydrogen-bond donors (Lipinski definition) is 14. The molecule has 5 aromatic carbocycles. The molecule has 3 aliphatic rings. The number of rotatable bonds is 33. The Balaban J connectivity index is 0.925. The average molecular weight is 1360 g/mol. The van der Waals surface area contributed by atoms with Crippen molar-refractivity contribution < 1.29 is 48.6 Å². The zero-order chi connectivity index (χ0) is 71.0. The average Bonchev–Trinajstić information content (AvgIpc) is 0.795. The van der Waals surface area contributed by atoms with Crippen LogP contribution in [0, 0.1) is 19.8 Å². The number of carbonyl (C=O) groups is 8. The first-order valence-electron chi connectivity index (χ1n) is 35.0. The molecular formula is C75H102N14O10. The van der Waals surface area contributed by atoms with Gasteiger partial charge in [0.2, 0.25) is 47.3 Å². The number of aromatic hydroxyl groups is 2. The number of phenols is 2. The second-order valence-corrected chi connectivity index (χ2v) is 27.0. The molecule has 2 aliphatic carbocycles. The lowest BCUT2D eigenvalue weighted by atomic mass is 9.84. The van der Waals surface area contributed by atoms with Gasteiger partial charge in [0.05, 0.1) is 12.1 Å². The standard InChI is InChI=1S/C75H102N14O10/c1-46-37-57(91)38-47(2)58(46)44-59(77)67(92)84-62(26-16-36-81-75(79)80)69(94)86-64(41-49-19-8-4-9-20-49)71(96)85-61(25-14-15-35-76)68(93)82-54-29-31-55(32-30-54)83-70(95)63(40-48-17-6-3-7-18-48)87-72(97)65(42-50-21-10-5-11-22-50)88-73(98)66-43-52-23-12-13-24-53(52)45-89(66)74(99)60(78)39-51-27-33-56(90)34-28-51/h3-4,6-9,12-13,17-20,23-24,27-28,33-34,37-38,50,54-55,59-66,90-91H,5,10-11,14-16,21-22,25-26,29-32,35-36,39-45,76-78H2,1-2H3,(H,82,93)(H,83,95)(H,84,92)(H,85,96)(H,86,94)(H,87,97)(H,88,98)(H4,79,80,81)/t54?,55?,59-,60-,61-,62+,63-,64-,65-,66-/m0/s1. The van der Waals surface area contributed by atoms with E-state index >= 15 is 0 Å². The first kappa shape index (κ1) is 75.4. The summed E-state index contributed by atoms with van der Waals surface area (Å²) in [5, 5.41) is 41.1. The molecule has 0 radical (unpaired) electrons. The molecule has 1 heterocycles. The van der Waals surface area contributed by atoms with Gasteiger partial charge in [-0.25, -0.2) is 0 Å². The van der Waals surface area contributed by atoms with E-state index in [9.17, 15) is 48.6 Å². The maximum Gasteiger partial charge on any atom is 0.243 e. The zero-order valence-electron chi connectivity index (χ0n) is 57.1. The van der Waals surface area contributed by atoms with Crippen LogP contribution < -0.4 is 65.9 Å². The summed E-state index contributed by atoms with van der Waals surface area (Å²) in [7, 11) is 0. The van der Waals surface area contributed by atoms with Gasteiger partial charge in [0.1, 0.15) is 47.8 Å². The zero-order valence-corrected chi connectivity index (χ0v) is 57.1. The van der Waals surface area contributed by atoms with Crippen LogP contribution in [0.1, 0.15) is 141 Å². The monoisotopic (exact) mass is 1360 g/mol. The largest absolute Gasteiger partial charge is 0.508 e. The Morgan fingerprint density at radius 3 is 1.60 bits per heavy atom. The number of amides is 8. The van der Waals surface area contributed by atoms with Crippen LogP contribution in [0.25, 0.3) is 0 Å². The van der Waals surface area contributed by atoms with E-state index < -0.39 is 95.6 Å². The first-order chi connectivity index (χ1) is 47.6. The number of phenolic OH excluding ortho intramolecular Hbond substituents is 2. The van der Waals surface area contributed by atoms with E-state index in [1.807, 2.05) is 72.8 Å². The molecule has 532 valence electrons. The molecule has 0 aromatic heterocycles. The maximum absolute atomic E-state index is 15.0. The Labute approximate surface area is 580 Å². The van der Waals surface area contributed by atoms with Crippen LogP contribution >= 0.6 is 0 Å². The number of unbranched alkanes of at least 4 members (excludes halogenated alkanes) is 1. The van der Waals surface area contributed by atoms with Gasteiger partial charge in [-0.15, -0.1) is 0 Å². The summed E-state index contributed by atoms with van der Waals surface area (Å²) in [6.45, 7) is 4.25. The van der Waals surface area contributed by atoms with Gasteiger partial charge in [0.25, 0.3) is 0 Å². The van der Waals surface area contributed by atoms with E-state index in [0.717, 1.165) is 71.0 Å². The number of benzene rings is 5. The lowest BCUT2D eigenvalue weighted by Crippen LogP contribution is -2.61. The highest BCUT2D eigenvalue weighted by molar-refractivity contribution is 5.97. The van der Waals surface area contributed by atoms with E-state index in [1.165, 1.54) is 17.0 Å². The molecule has 0 saturated heterocycles. The Hall–Kier alpha value is -9.39. The molecule has 8 atom stereocenters. The predicted molar refractivity (Wildman–Crippen MR) is 380 cm³/mol. The Bertz CT molecular complexity index is 3520. The van der Waals surface area contributed by atoms with Gasteiger partial charge >= 0.3 is 0 Å². The molecule has 1 aliphatic heterocycles. The Kier molecular flexibility index (Phi) is 28.6. The molecule has 0 unspecified atom stereocenters. The van der Waals surface area contributed by atoms with Gasteiger partial charge in [-0.05, 0) is 172 Å². The molecule has 2 saturated carbocycles. The first-order valence-corrected chi connectivity index (χ1v) is 35.0. The number of aryl methyl sites for hydroxylation is 2. The summed E-state index contributed by atoms with van der Waals surface area (Å²) in [6, 6.07) is 26.4. The Morgan fingerprint density at radius 1 is 0.515 bits per heavy atom. The molecule has 19 N–H and O–H groups in total. The third kappa shape index (κ3) is 23.1. The van der Waals surface area contributed by atoms with E-state index in [4.69, 9.17) is 28.7 Å². The van der Waals surface area contributed by atoms with Crippen molar-refractivity contribution in [3.05, 3.63) is 166 Å². The fourth-order valence-corrected chi connectivity index (χ4v) is 13.8. The van der Waals surface area contributed by atoms with E-state index in [-0.39, 0.29) is 99.9 Å². The highest BCUT2D eigenvalue weighted by atomic mass is 16.3. The van der Waals surface area contributed by atoms with Crippen LogP contribution in [0.5, 0.6) is 11.5 Å².